The summed E-state index contributed by atoms with van der Waals surface area (Å²) < 4.78 is 10.1. The van der Waals surface area contributed by atoms with Gasteiger partial charge >= 0.3 is 5.97 Å². The second-order valence-corrected chi connectivity index (χ2v) is 3.95. The fraction of sp³-hybridized carbons (Fsp3) is 0.100. The number of ether oxygens (including phenoxy) is 2. The summed E-state index contributed by atoms with van der Waals surface area (Å²) >= 11 is 8.94. The van der Waals surface area contributed by atoms with Crippen molar-refractivity contribution in [2.24, 2.45) is 0 Å². The van der Waals surface area contributed by atoms with Crippen molar-refractivity contribution in [2.45, 2.75) is 0 Å². The summed E-state index contributed by atoms with van der Waals surface area (Å²) in [5.41, 5.74) is 0. The largest absolute Gasteiger partial charge is 0.511 e. The van der Waals surface area contributed by atoms with Gasteiger partial charge in [-0.25, -0.2) is 4.79 Å². The topological polar surface area (TPSA) is 55.8 Å². The SMILES string of the molecule is COC(=O)/C(=C\O)Oc1ccc(Cl)cc1Br. The molecule has 0 spiro atoms. The summed E-state index contributed by atoms with van der Waals surface area (Å²) in [5.74, 6) is -0.745. The second kappa shape index (κ2) is 5.77. The summed E-state index contributed by atoms with van der Waals surface area (Å²) in [7, 11) is 1.19. The van der Waals surface area contributed by atoms with Gasteiger partial charge in [0.1, 0.15) is 12.0 Å². The van der Waals surface area contributed by atoms with Gasteiger partial charge in [-0.2, -0.15) is 0 Å². The number of hydrogen-bond acceptors (Lipinski definition) is 4. The molecule has 6 heteroatoms. The van der Waals surface area contributed by atoms with Gasteiger partial charge in [0.2, 0.25) is 5.76 Å². The zero-order chi connectivity index (χ0) is 12.1. The van der Waals surface area contributed by atoms with Crippen LogP contribution in [-0.4, -0.2) is 18.2 Å². The number of carbonyl (C=O) groups is 1. The predicted molar refractivity (Wildman–Crippen MR) is 62.5 cm³/mol. The summed E-state index contributed by atoms with van der Waals surface area (Å²) in [6, 6.07) is 4.75. The molecule has 0 aliphatic rings. The molecule has 1 rings (SSSR count). The van der Waals surface area contributed by atoms with Crippen molar-refractivity contribution in [2.75, 3.05) is 7.11 Å². The summed E-state index contributed by atoms with van der Waals surface area (Å²) in [6.45, 7) is 0. The fourth-order valence-corrected chi connectivity index (χ4v) is 1.66. The van der Waals surface area contributed by atoms with Gasteiger partial charge < -0.3 is 14.6 Å². The molecule has 0 atom stereocenters. The number of carbonyl (C=O) groups excluding carboxylic acids is 1. The molecule has 0 saturated carbocycles. The maximum absolute atomic E-state index is 11.1. The van der Waals surface area contributed by atoms with Gasteiger partial charge in [0, 0.05) is 5.02 Å². The first-order chi connectivity index (χ1) is 7.58. The Balaban J connectivity index is 2.91. The first-order valence-electron chi connectivity index (χ1n) is 4.14. The molecule has 16 heavy (non-hydrogen) atoms. The summed E-state index contributed by atoms with van der Waals surface area (Å²) in [6.07, 6.45) is 0.535. The third-order valence-electron chi connectivity index (χ3n) is 1.62. The smallest absolute Gasteiger partial charge is 0.377 e. The minimum Gasteiger partial charge on any atom is -0.511 e. The quantitative estimate of drug-likeness (QED) is 0.530. The van der Waals surface area contributed by atoms with Crippen molar-refractivity contribution in [1.29, 1.82) is 0 Å². The highest BCUT2D eigenvalue weighted by Crippen LogP contribution is 2.29. The molecule has 86 valence electrons. The van der Waals surface area contributed by atoms with Gasteiger partial charge in [0.25, 0.3) is 0 Å². The molecule has 0 radical (unpaired) electrons. The predicted octanol–water partition coefficient (Wildman–Crippen LogP) is 3.05. The number of methoxy groups -OCH3 is 1. The number of halogens is 2. The van der Waals surface area contributed by atoms with Gasteiger partial charge in [0.15, 0.2) is 0 Å². The Morgan fingerprint density at radius 3 is 2.75 bits per heavy atom. The van der Waals surface area contributed by atoms with E-state index in [2.05, 4.69) is 20.7 Å². The molecule has 1 aromatic carbocycles. The van der Waals surface area contributed by atoms with Gasteiger partial charge in [-0.15, -0.1) is 0 Å². The standard InChI is InChI=1S/C10H8BrClO4/c1-15-10(14)9(5-13)16-8-3-2-6(12)4-7(8)11/h2-5,13H,1H3/b9-5+. The molecule has 0 saturated heterocycles. The van der Waals surface area contributed by atoms with Crippen molar-refractivity contribution in [3.8, 4) is 5.75 Å². The van der Waals surface area contributed by atoms with Gasteiger partial charge in [-0.1, -0.05) is 11.6 Å². The Kier molecular flexibility index (Phi) is 4.64. The van der Waals surface area contributed by atoms with Crippen LogP contribution in [-0.2, 0) is 9.53 Å². The van der Waals surface area contributed by atoms with E-state index >= 15 is 0 Å². The lowest BCUT2D eigenvalue weighted by Gasteiger charge is -2.08. The van der Waals surface area contributed by atoms with Crippen molar-refractivity contribution in [3.63, 3.8) is 0 Å². The summed E-state index contributed by atoms with van der Waals surface area (Å²) in [5, 5.41) is 9.33. The van der Waals surface area contributed by atoms with Crippen molar-refractivity contribution in [3.05, 3.63) is 39.7 Å². The molecule has 1 N–H and O–H groups in total. The van der Waals surface area contributed by atoms with Crippen LogP contribution in [0.5, 0.6) is 5.75 Å². The minimum absolute atomic E-state index is 0.314. The molecular weight excluding hydrogens is 299 g/mol. The van der Waals surface area contributed by atoms with Crippen LogP contribution >= 0.6 is 27.5 Å². The summed E-state index contributed by atoms with van der Waals surface area (Å²) in [4.78, 5) is 11.1. The molecule has 1 aromatic rings. The van der Waals surface area contributed by atoms with E-state index in [9.17, 15) is 4.79 Å². The van der Waals surface area contributed by atoms with Crippen LogP contribution in [0, 0.1) is 0 Å². The Hall–Kier alpha value is -1.20. The lowest BCUT2D eigenvalue weighted by molar-refractivity contribution is -0.138. The lowest BCUT2D eigenvalue weighted by atomic mass is 10.3. The van der Waals surface area contributed by atoms with E-state index < -0.39 is 5.97 Å². The minimum atomic E-state index is -0.774. The number of esters is 1. The van der Waals surface area contributed by atoms with Crippen molar-refractivity contribution in [1.82, 2.24) is 0 Å². The highest BCUT2D eigenvalue weighted by atomic mass is 79.9. The molecule has 0 heterocycles. The van der Waals surface area contributed by atoms with E-state index in [0.29, 0.717) is 21.5 Å². The molecule has 0 amide bonds. The second-order valence-electron chi connectivity index (χ2n) is 2.66. The van der Waals surface area contributed by atoms with Crippen LogP contribution in [0.25, 0.3) is 0 Å². The van der Waals surface area contributed by atoms with E-state index in [1.807, 2.05) is 0 Å². The highest BCUT2D eigenvalue weighted by Gasteiger charge is 2.14. The average Bonchev–Trinajstić information content (AvgIpc) is 2.27. The Bertz CT molecular complexity index is 431. The number of benzene rings is 1. The Morgan fingerprint density at radius 2 is 2.25 bits per heavy atom. The van der Waals surface area contributed by atoms with Crippen LogP contribution in [0.4, 0.5) is 0 Å². The van der Waals surface area contributed by atoms with E-state index in [1.54, 1.807) is 18.2 Å². The maximum atomic E-state index is 11.1. The van der Waals surface area contributed by atoms with E-state index in [4.69, 9.17) is 21.4 Å². The molecule has 0 aliphatic carbocycles. The number of aliphatic hydroxyl groups excluding tert-OH is 1. The van der Waals surface area contributed by atoms with Crippen molar-refractivity contribution < 1.29 is 19.4 Å². The Morgan fingerprint density at radius 1 is 1.56 bits per heavy atom. The number of hydrogen-bond donors (Lipinski definition) is 1. The third kappa shape index (κ3) is 3.15. The molecule has 0 fully saturated rings. The van der Waals surface area contributed by atoms with Gasteiger partial charge in [0.05, 0.1) is 11.6 Å². The molecule has 0 bridgehead atoms. The monoisotopic (exact) mass is 306 g/mol. The van der Waals surface area contributed by atoms with Crippen LogP contribution in [0.3, 0.4) is 0 Å². The van der Waals surface area contributed by atoms with Crippen LogP contribution in [0.1, 0.15) is 0 Å². The van der Waals surface area contributed by atoms with Crippen LogP contribution < -0.4 is 4.74 Å². The first kappa shape index (κ1) is 12.9. The van der Waals surface area contributed by atoms with E-state index in [-0.39, 0.29) is 5.76 Å². The lowest BCUT2D eigenvalue weighted by Crippen LogP contribution is -2.10. The number of aliphatic hydroxyl groups is 1. The Labute approximate surface area is 106 Å². The highest BCUT2D eigenvalue weighted by molar-refractivity contribution is 9.10. The normalized spacial score (nSPS) is 11.1. The average molecular weight is 308 g/mol. The van der Waals surface area contributed by atoms with Gasteiger partial charge in [-0.05, 0) is 34.1 Å². The van der Waals surface area contributed by atoms with E-state index in [0.717, 1.165) is 0 Å². The molecule has 4 nitrogen and oxygen atoms in total. The third-order valence-corrected chi connectivity index (χ3v) is 2.47. The zero-order valence-corrected chi connectivity index (χ0v) is 10.6. The first-order valence-corrected chi connectivity index (χ1v) is 5.31. The van der Waals surface area contributed by atoms with E-state index in [1.165, 1.54) is 7.11 Å². The van der Waals surface area contributed by atoms with Crippen molar-refractivity contribution >= 4 is 33.5 Å². The zero-order valence-electron chi connectivity index (χ0n) is 8.24. The van der Waals surface area contributed by atoms with Crippen LogP contribution in [0.15, 0.2) is 34.7 Å². The van der Waals surface area contributed by atoms with Crippen LogP contribution in [0.2, 0.25) is 5.02 Å². The fourth-order valence-electron chi connectivity index (χ4n) is 0.898. The molecule has 0 unspecified atom stereocenters. The van der Waals surface area contributed by atoms with Gasteiger partial charge in [-0.3, -0.25) is 0 Å². The molecule has 0 aromatic heterocycles. The number of rotatable bonds is 3. The molecular formula is C10H8BrClO4. The molecule has 0 aliphatic heterocycles. The maximum Gasteiger partial charge on any atom is 0.377 e.